The highest BCUT2D eigenvalue weighted by molar-refractivity contribution is 5.75. The molecule has 14 heavy (non-hydrogen) atoms. The summed E-state index contributed by atoms with van der Waals surface area (Å²) in [5.41, 5.74) is 0. The number of carbonyl (C=O) groups is 2. The Kier molecular flexibility index (Phi) is 5.53. The van der Waals surface area contributed by atoms with E-state index in [0.717, 1.165) is 0 Å². The summed E-state index contributed by atoms with van der Waals surface area (Å²) in [7, 11) is 0. The first kappa shape index (κ1) is 12.6. The van der Waals surface area contributed by atoms with Gasteiger partial charge in [0.05, 0.1) is 6.61 Å². The predicted octanol–water partition coefficient (Wildman–Crippen LogP) is -1.47. The number of carbonyl (C=O) groups excluding carboxylic acids is 1. The molecule has 0 saturated heterocycles. The van der Waals surface area contributed by atoms with E-state index in [1.165, 1.54) is 0 Å². The van der Waals surface area contributed by atoms with Gasteiger partial charge < -0.3 is 29.9 Å². The Morgan fingerprint density at radius 2 is 1.79 bits per heavy atom. The molecule has 0 amide bonds. The Bertz CT molecular complexity index is 202. The molecule has 82 valence electrons. The van der Waals surface area contributed by atoms with Gasteiger partial charge in [0.2, 0.25) is 0 Å². The molecule has 8 nitrogen and oxygen atoms in total. The van der Waals surface area contributed by atoms with Gasteiger partial charge in [-0.3, -0.25) is 0 Å². The first-order chi connectivity index (χ1) is 6.47. The Labute approximate surface area is 78.3 Å². The lowest BCUT2D eigenvalue weighted by atomic mass is 10.2. The first-order valence-electron chi connectivity index (χ1n) is 3.52. The van der Waals surface area contributed by atoms with E-state index in [4.69, 9.17) is 20.4 Å². The molecular formula is C6H10O8. The zero-order valence-electron chi connectivity index (χ0n) is 6.99. The van der Waals surface area contributed by atoms with E-state index >= 15 is 0 Å². The van der Waals surface area contributed by atoms with Crippen LogP contribution < -0.4 is 0 Å². The molecule has 0 unspecified atom stereocenters. The van der Waals surface area contributed by atoms with Gasteiger partial charge in [-0.15, -0.1) is 0 Å². The average Bonchev–Trinajstić information content (AvgIpc) is 2.11. The molecule has 4 N–H and O–H groups in total. The van der Waals surface area contributed by atoms with Crippen molar-refractivity contribution < 1.29 is 39.5 Å². The minimum Gasteiger partial charge on any atom is -0.449 e. The average molecular weight is 210 g/mol. The highest BCUT2D eigenvalue weighted by Gasteiger charge is 2.18. The van der Waals surface area contributed by atoms with E-state index in [-0.39, 0.29) is 0 Å². The van der Waals surface area contributed by atoms with Gasteiger partial charge in [0.1, 0.15) is 18.8 Å². The van der Waals surface area contributed by atoms with Crippen LogP contribution in [0.2, 0.25) is 0 Å². The van der Waals surface area contributed by atoms with Crippen LogP contribution in [0.3, 0.4) is 0 Å². The second-order valence-corrected chi connectivity index (χ2v) is 2.25. The van der Waals surface area contributed by atoms with Crippen LogP contribution in [0.15, 0.2) is 0 Å². The molecule has 2 atom stereocenters. The van der Waals surface area contributed by atoms with Crippen molar-refractivity contribution in [3.63, 3.8) is 0 Å². The molecular weight excluding hydrogens is 200 g/mol. The van der Waals surface area contributed by atoms with E-state index in [0.29, 0.717) is 0 Å². The minimum atomic E-state index is -1.84. The van der Waals surface area contributed by atoms with Crippen molar-refractivity contribution in [2.75, 3.05) is 13.2 Å². The summed E-state index contributed by atoms with van der Waals surface area (Å²) in [6.45, 7) is -1.38. The van der Waals surface area contributed by atoms with Gasteiger partial charge in [-0.2, -0.15) is 0 Å². The molecule has 0 aliphatic carbocycles. The summed E-state index contributed by atoms with van der Waals surface area (Å²) >= 11 is 0. The van der Waals surface area contributed by atoms with Crippen LogP contribution in [0, 0.1) is 0 Å². The van der Waals surface area contributed by atoms with Crippen LogP contribution in [0.1, 0.15) is 0 Å². The van der Waals surface area contributed by atoms with Crippen molar-refractivity contribution in [1.82, 2.24) is 0 Å². The molecule has 0 aliphatic rings. The number of hydrogen-bond donors (Lipinski definition) is 4. The first-order valence-corrected chi connectivity index (χ1v) is 3.52. The van der Waals surface area contributed by atoms with Gasteiger partial charge in [-0.25, -0.2) is 9.59 Å². The van der Waals surface area contributed by atoms with Gasteiger partial charge >= 0.3 is 12.3 Å². The fourth-order valence-electron chi connectivity index (χ4n) is 0.487. The van der Waals surface area contributed by atoms with Crippen molar-refractivity contribution in [3.05, 3.63) is 0 Å². The number of rotatable bonds is 4. The third-order valence-electron chi connectivity index (χ3n) is 1.17. The van der Waals surface area contributed by atoms with E-state index in [1.54, 1.807) is 0 Å². The normalized spacial score (nSPS) is 14.2. The Balaban J connectivity index is 3.71. The molecule has 0 heterocycles. The summed E-state index contributed by atoms with van der Waals surface area (Å²) in [4.78, 5) is 20.2. The molecule has 0 spiro atoms. The summed E-state index contributed by atoms with van der Waals surface area (Å²) in [6, 6.07) is 0. The minimum absolute atomic E-state index is 0.673. The van der Waals surface area contributed by atoms with Crippen LogP contribution in [0.4, 0.5) is 9.59 Å². The van der Waals surface area contributed by atoms with E-state index in [1.807, 2.05) is 0 Å². The third-order valence-corrected chi connectivity index (χ3v) is 1.17. The lowest BCUT2D eigenvalue weighted by Crippen LogP contribution is -2.34. The van der Waals surface area contributed by atoms with Gasteiger partial charge in [-0.1, -0.05) is 0 Å². The molecule has 0 radical (unpaired) electrons. The van der Waals surface area contributed by atoms with Crippen molar-refractivity contribution >= 4 is 12.3 Å². The summed E-state index contributed by atoms with van der Waals surface area (Å²) in [6.07, 6.45) is -6.32. The van der Waals surface area contributed by atoms with E-state index < -0.39 is 37.7 Å². The molecule has 0 aromatic carbocycles. The largest absolute Gasteiger partial charge is 0.518 e. The molecule has 8 heteroatoms. The van der Waals surface area contributed by atoms with Gasteiger partial charge in [0, 0.05) is 0 Å². The van der Waals surface area contributed by atoms with Crippen LogP contribution in [0.5, 0.6) is 0 Å². The SMILES string of the molecule is O=C(O)OC(=O)OC[C@H](O)[C@H](O)CO. The summed E-state index contributed by atoms with van der Waals surface area (Å²) in [5.74, 6) is 0. The standard InChI is InChI=1S/C6H10O8/c7-1-3(8)4(9)2-13-6(12)14-5(10)11/h3-4,7-9H,1-2H2,(H,10,11)/t3-,4+/m1/s1. The van der Waals surface area contributed by atoms with Gasteiger partial charge in [-0.05, 0) is 0 Å². The Hall–Kier alpha value is -1.38. The molecule has 0 aromatic heterocycles. The zero-order valence-corrected chi connectivity index (χ0v) is 6.99. The Morgan fingerprint density at radius 1 is 1.21 bits per heavy atom. The molecule has 0 aliphatic heterocycles. The van der Waals surface area contributed by atoms with Crippen LogP contribution in [-0.4, -0.2) is 58.2 Å². The zero-order chi connectivity index (χ0) is 11.1. The van der Waals surface area contributed by atoms with Crippen molar-refractivity contribution in [1.29, 1.82) is 0 Å². The van der Waals surface area contributed by atoms with Crippen molar-refractivity contribution in [2.24, 2.45) is 0 Å². The number of aliphatic hydroxyl groups is 3. The molecule has 0 saturated carbocycles. The van der Waals surface area contributed by atoms with Crippen LogP contribution in [0.25, 0.3) is 0 Å². The summed E-state index contributed by atoms with van der Waals surface area (Å²) < 4.78 is 7.59. The fraction of sp³-hybridized carbons (Fsp3) is 0.667. The Morgan fingerprint density at radius 3 is 2.21 bits per heavy atom. The monoisotopic (exact) mass is 210 g/mol. The van der Waals surface area contributed by atoms with Gasteiger partial charge in [0.15, 0.2) is 0 Å². The predicted molar refractivity (Wildman–Crippen MR) is 39.6 cm³/mol. The number of carboxylic acid groups (broad SMARTS) is 1. The maximum Gasteiger partial charge on any atom is 0.518 e. The lowest BCUT2D eigenvalue weighted by molar-refractivity contribution is -0.0502. The van der Waals surface area contributed by atoms with E-state index in [9.17, 15) is 9.59 Å². The number of aliphatic hydroxyl groups excluding tert-OH is 3. The van der Waals surface area contributed by atoms with Crippen molar-refractivity contribution in [2.45, 2.75) is 12.2 Å². The third kappa shape index (κ3) is 5.30. The quantitative estimate of drug-likeness (QED) is 0.326. The molecule has 0 fully saturated rings. The highest BCUT2D eigenvalue weighted by atomic mass is 16.8. The van der Waals surface area contributed by atoms with Crippen LogP contribution >= 0.6 is 0 Å². The summed E-state index contributed by atoms with van der Waals surface area (Å²) in [5, 5.41) is 34.0. The fourth-order valence-corrected chi connectivity index (χ4v) is 0.487. The van der Waals surface area contributed by atoms with E-state index in [2.05, 4.69) is 9.47 Å². The lowest BCUT2D eigenvalue weighted by Gasteiger charge is -2.14. The smallest absolute Gasteiger partial charge is 0.449 e. The number of hydrogen-bond acceptors (Lipinski definition) is 7. The second-order valence-electron chi connectivity index (χ2n) is 2.25. The molecule has 0 bridgehead atoms. The van der Waals surface area contributed by atoms with Crippen molar-refractivity contribution in [3.8, 4) is 0 Å². The van der Waals surface area contributed by atoms with Gasteiger partial charge in [0.25, 0.3) is 0 Å². The highest BCUT2D eigenvalue weighted by Crippen LogP contribution is 1.95. The van der Waals surface area contributed by atoms with Crippen LogP contribution in [-0.2, 0) is 9.47 Å². The maximum atomic E-state index is 10.4. The molecule has 0 aromatic rings. The maximum absolute atomic E-state index is 10.4. The topological polar surface area (TPSA) is 134 Å². The molecule has 0 rings (SSSR count). The second kappa shape index (κ2) is 6.13. The number of ether oxygens (including phenoxy) is 2.